The van der Waals surface area contributed by atoms with Gasteiger partial charge in [-0.25, -0.2) is 13.6 Å². The molecule has 3 aromatic rings. The molecule has 4 rings (SSSR count). The molecular weight excluding hydrogens is 750 g/mol. The van der Waals surface area contributed by atoms with E-state index in [1.54, 1.807) is 37.5 Å². The lowest BCUT2D eigenvalue weighted by Gasteiger charge is -2.40. The normalized spacial score (nSPS) is 21.4. The number of carbonyl (C=O) groups excluding carboxylic acids is 2. The third kappa shape index (κ3) is 7.50. The number of carbonyl (C=O) groups is 2. The average molecular weight is 786 g/mol. The van der Waals surface area contributed by atoms with Crippen molar-refractivity contribution >= 4 is 69.6 Å². The van der Waals surface area contributed by atoms with Gasteiger partial charge >= 0.3 is 5.97 Å². The van der Waals surface area contributed by atoms with Crippen LogP contribution in [-0.2, 0) is 14.9 Å². The van der Waals surface area contributed by atoms with Gasteiger partial charge in [-0.05, 0) is 53.8 Å². The molecule has 0 aromatic heterocycles. The summed E-state index contributed by atoms with van der Waals surface area (Å²) in [5.41, 5.74) is -0.820. The van der Waals surface area contributed by atoms with Crippen molar-refractivity contribution in [2.75, 3.05) is 30.5 Å². The van der Waals surface area contributed by atoms with Gasteiger partial charge in [0.05, 0.1) is 34.8 Å². The predicted octanol–water partition coefficient (Wildman–Crippen LogP) is 8.01. The number of benzene rings is 3. The second kappa shape index (κ2) is 15.0. The molecule has 0 radical (unpaired) electrons. The van der Waals surface area contributed by atoms with Gasteiger partial charge in [-0.15, -0.1) is 0 Å². The second-order valence-electron chi connectivity index (χ2n) is 12.3. The van der Waals surface area contributed by atoms with Crippen LogP contribution in [0.3, 0.4) is 0 Å². The van der Waals surface area contributed by atoms with Gasteiger partial charge in [0.25, 0.3) is 0 Å². The van der Waals surface area contributed by atoms with Gasteiger partial charge in [0, 0.05) is 40.2 Å². The summed E-state index contributed by atoms with van der Waals surface area (Å²) in [6.07, 6.45) is 2.05. The van der Waals surface area contributed by atoms with Crippen LogP contribution >= 0.6 is 45.8 Å². The minimum atomic E-state index is -1.36. The molecular formula is C34H36Cl2F2IN3O4. The number of anilines is 1. The van der Waals surface area contributed by atoms with E-state index in [0.717, 1.165) is 0 Å². The van der Waals surface area contributed by atoms with Crippen LogP contribution in [0.5, 0.6) is 5.75 Å². The highest BCUT2D eigenvalue weighted by atomic mass is 127. The molecule has 0 saturated carbocycles. The molecule has 246 valence electrons. The van der Waals surface area contributed by atoms with Crippen LogP contribution in [0.15, 0.2) is 59.6 Å². The van der Waals surface area contributed by atoms with E-state index in [4.69, 9.17) is 32.7 Å². The molecule has 1 amide bonds. The van der Waals surface area contributed by atoms with E-state index in [1.165, 1.54) is 37.4 Å². The Morgan fingerprint density at radius 3 is 2.50 bits per heavy atom. The van der Waals surface area contributed by atoms with Gasteiger partial charge in [-0.1, -0.05) is 84.8 Å². The zero-order valence-corrected chi connectivity index (χ0v) is 29.8. The summed E-state index contributed by atoms with van der Waals surface area (Å²) in [4.78, 5) is 31.2. The van der Waals surface area contributed by atoms with E-state index in [1.807, 2.05) is 20.8 Å². The number of nitrogens with one attached hydrogen (secondary N) is 2. The van der Waals surface area contributed by atoms with Crippen molar-refractivity contribution in [1.82, 2.24) is 5.32 Å². The molecule has 12 heteroatoms. The van der Waals surface area contributed by atoms with Gasteiger partial charge in [0.15, 0.2) is 0 Å². The quantitative estimate of drug-likeness (QED) is 0.0942. The van der Waals surface area contributed by atoms with Crippen molar-refractivity contribution in [2.24, 2.45) is 10.4 Å². The number of nitrogens with zero attached hydrogens (tertiary/aromatic N) is 1. The van der Waals surface area contributed by atoms with Gasteiger partial charge in [0.2, 0.25) is 5.91 Å². The summed E-state index contributed by atoms with van der Waals surface area (Å²) in [7, 11) is 2.97. The minimum absolute atomic E-state index is 0.117. The van der Waals surface area contributed by atoms with Gasteiger partial charge in [0.1, 0.15) is 24.0 Å². The van der Waals surface area contributed by atoms with Crippen LogP contribution < -0.4 is 15.4 Å². The molecule has 0 spiro atoms. The molecule has 4 atom stereocenters. The topological polar surface area (TPSA) is 89.0 Å². The molecule has 46 heavy (non-hydrogen) atoms. The van der Waals surface area contributed by atoms with Crippen LogP contribution in [-0.4, -0.2) is 55.4 Å². The Hall–Kier alpha value is -2.80. The molecule has 0 aliphatic carbocycles. The highest BCUT2D eigenvalue weighted by Gasteiger charge is 2.59. The number of halogens is 5. The first-order valence-electron chi connectivity index (χ1n) is 14.6. The Bertz CT molecular complexity index is 1630. The molecule has 1 unspecified atom stereocenters. The number of amides is 1. The van der Waals surface area contributed by atoms with E-state index in [9.17, 15) is 9.59 Å². The standard InChI is InChI=1S/C34H36Cl2F2IN3O4/c1-33(2,3)17-27-34(18-40-4,22-11-10-20(35)16-24(22)37)28(21-7-6-8-23(36)29(21)38)30(42-27)31(43)41-25-12-9-19(15-26(25)45-5)32(44)46-14-13-39/h6-12,15-16,18,27-28,30,42H,13-14,17H2,1-5H3,(H,41,43)/t27?,28-,30+,34-/m0/s1. The molecule has 1 fully saturated rings. The van der Waals surface area contributed by atoms with Crippen LogP contribution in [0.1, 0.15) is 54.6 Å². The van der Waals surface area contributed by atoms with E-state index >= 15 is 8.78 Å². The molecule has 1 saturated heterocycles. The molecule has 2 N–H and O–H groups in total. The summed E-state index contributed by atoms with van der Waals surface area (Å²) in [6, 6.07) is 11.7. The number of alkyl halides is 1. The number of hydrogen-bond acceptors (Lipinski definition) is 6. The van der Waals surface area contributed by atoms with Crippen molar-refractivity contribution in [3.63, 3.8) is 0 Å². The van der Waals surface area contributed by atoms with E-state index in [0.29, 0.717) is 10.8 Å². The van der Waals surface area contributed by atoms with Crippen molar-refractivity contribution in [2.45, 2.75) is 50.6 Å². The van der Waals surface area contributed by atoms with Crippen LogP contribution in [0.4, 0.5) is 14.5 Å². The Morgan fingerprint density at radius 2 is 1.87 bits per heavy atom. The SMILES string of the molecule is CN=C[C@]1(c2ccc(Cl)cc2F)C(CC(C)(C)C)N[C@@H](C(=O)Nc2ccc(C(=O)OCCI)cc2OC)[C@@H]1c1cccc(Cl)c1F. The first kappa shape index (κ1) is 36.0. The summed E-state index contributed by atoms with van der Waals surface area (Å²) >= 11 is 14.6. The summed E-state index contributed by atoms with van der Waals surface area (Å²) in [6.45, 7) is 6.34. The van der Waals surface area contributed by atoms with Gasteiger partial charge in [-0.3, -0.25) is 9.79 Å². The second-order valence-corrected chi connectivity index (χ2v) is 14.2. The maximum absolute atomic E-state index is 16.1. The first-order chi connectivity index (χ1) is 21.8. The number of esters is 1. The third-order valence-electron chi connectivity index (χ3n) is 7.97. The number of methoxy groups -OCH3 is 1. The molecule has 0 bridgehead atoms. The van der Waals surface area contributed by atoms with E-state index in [-0.39, 0.29) is 50.2 Å². The molecule has 3 aromatic carbocycles. The Balaban J connectivity index is 1.91. The number of aliphatic imine (C=N–C) groups is 1. The third-order valence-corrected chi connectivity index (χ3v) is 8.93. The summed E-state index contributed by atoms with van der Waals surface area (Å²) < 4.78 is 43.5. The maximum Gasteiger partial charge on any atom is 0.338 e. The van der Waals surface area contributed by atoms with Crippen molar-refractivity contribution in [1.29, 1.82) is 0 Å². The lowest BCUT2D eigenvalue weighted by Crippen LogP contribution is -2.47. The monoisotopic (exact) mass is 785 g/mol. The van der Waals surface area contributed by atoms with Crippen LogP contribution in [0, 0.1) is 17.0 Å². The van der Waals surface area contributed by atoms with Crippen molar-refractivity contribution in [3.05, 3.63) is 93.0 Å². The molecule has 1 heterocycles. The van der Waals surface area contributed by atoms with Crippen LogP contribution in [0.25, 0.3) is 0 Å². The van der Waals surface area contributed by atoms with Crippen molar-refractivity contribution < 1.29 is 27.8 Å². The van der Waals surface area contributed by atoms with E-state index in [2.05, 4.69) is 38.2 Å². The number of hydrogen-bond donors (Lipinski definition) is 2. The predicted molar refractivity (Wildman–Crippen MR) is 187 cm³/mol. The number of rotatable bonds is 10. The lowest BCUT2D eigenvalue weighted by atomic mass is 9.62. The highest BCUT2D eigenvalue weighted by molar-refractivity contribution is 14.1. The average Bonchev–Trinajstić information content (AvgIpc) is 3.30. The molecule has 1 aliphatic heterocycles. The maximum atomic E-state index is 16.1. The smallest absolute Gasteiger partial charge is 0.338 e. The fourth-order valence-electron chi connectivity index (χ4n) is 6.20. The Kier molecular flexibility index (Phi) is 11.7. The summed E-state index contributed by atoms with van der Waals surface area (Å²) in [5.74, 6) is -3.21. The fraction of sp³-hybridized carbons (Fsp3) is 0.382. The van der Waals surface area contributed by atoms with Gasteiger partial charge in [-0.2, -0.15) is 0 Å². The summed E-state index contributed by atoms with van der Waals surface area (Å²) in [5, 5.41) is 6.39. The Labute approximate surface area is 291 Å². The van der Waals surface area contributed by atoms with Crippen molar-refractivity contribution in [3.8, 4) is 5.75 Å². The molecule has 7 nitrogen and oxygen atoms in total. The fourth-order valence-corrected chi connectivity index (χ4v) is 6.76. The minimum Gasteiger partial charge on any atom is -0.495 e. The van der Waals surface area contributed by atoms with Gasteiger partial charge < -0.3 is 20.1 Å². The highest BCUT2D eigenvalue weighted by Crippen LogP contribution is 2.52. The zero-order chi connectivity index (χ0) is 33.8. The largest absolute Gasteiger partial charge is 0.495 e. The van der Waals surface area contributed by atoms with E-state index < -0.39 is 46.9 Å². The van der Waals surface area contributed by atoms with Crippen LogP contribution in [0.2, 0.25) is 10.0 Å². The lowest BCUT2D eigenvalue weighted by molar-refractivity contribution is -0.118. The molecule has 1 aliphatic rings. The number of ether oxygens (including phenoxy) is 2. The Morgan fingerprint density at radius 1 is 1.13 bits per heavy atom. The first-order valence-corrected chi connectivity index (χ1v) is 16.9. The zero-order valence-electron chi connectivity index (χ0n) is 26.1.